The summed E-state index contributed by atoms with van der Waals surface area (Å²) >= 11 is 6.43. The van der Waals surface area contributed by atoms with Crippen molar-refractivity contribution >= 4 is 29.0 Å². The number of Topliss-reactive ketones (excluding diaryl/α,β-unsaturated/α-hetero) is 1. The van der Waals surface area contributed by atoms with Crippen LogP contribution in [0.25, 0.3) is 11.1 Å². The Bertz CT molecular complexity index is 1060. The van der Waals surface area contributed by atoms with Crippen molar-refractivity contribution in [3.8, 4) is 17.0 Å². The van der Waals surface area contributed by atoms with Gasteiger partial charge in [-0.2, -0.15) is 0 Å². The van der Waals surface area contributed by atoms with Gasteiger partial charge >= 0.3 is 0 Å². The summed E-state index contributed by atoms with van der Waals surface area (Å²) in [5, 5.41) is 0.428. The molecule has 0 bridgehead atoms. The molecule has 5 nitrogen and oxygen atoms in total. The summed E-state index contributed by atoms with van der Waals surface area (Å²) in [6, 6.07) is 16.8. The fraction of sp³-hybridized carbons (Fsp3) is 0.240. The van der Waals surface area contributed by atoms with Gasteiger partial charge in [-0.05, 0) is 47.4 Å². The third kappa shape index (κ3) is 5.50. The second-order valence-corrected chi connectivity index (χ2v) is 7.59. The van der Waals surface area contributed by atoms with Crippen molar-refractivity contribution in [3.63, 3.8) is 0 Å². The highest BCUT2D eigenvalue weighted by Crippen LogP contribution is 2.28. The minimum Gasteiger partial charge on any atom is -0.481 e. The summed E-state index contributed by atoms with van der Waals surface area (Å²) < 4.78 is 5.05. The summed E-state index contributed by atoms with van der Waals surface area (Å²) in [7, 11) is 3.33. The molecule has 0 aliphatic heterocycles. The number of aryl methyl sites for hydroxylation is 1. The smallest absolute Gasteiger partial charge is 0.226 e. The molecule has 0 spiro atoms. The number of methoxy groups -OCH3 is 1. The molecule has 0 N–H and O–H groups in total. The van der Waals surface area contributed by atoms with Gasteiger partial charge in [0.05, 0.1) is 12.1 Å². The lowest BCUT2D eigenvalue weighted by Gasteiger charge is -2.17. The molecule has 1 aromatic heterocycles. The van der Waals surface area contributed by atoms with E-state index in [9.17, 15) is 9.59 Å². The molecule has 3 aromatic rings. The Morgan fingerprint density at radius 2 is 1.74 bits per heavy atom. The molecule has 160 valence electrons. The Morgan fingerprint density at radius 3 is 2.32 bits per heavy atom. The molecule has 0 saturated heterocycles. The zero-order valence-corrected chi connectivity index (χ0v) is 18.6. The third-order valence-corrected chi connectivity index (χ3v) is 5.49. The first-order valence-corrected chi connectivity index (χ1v) is 10.5. The van der Waals surface area contributed by atoms with Gasteiger partial charge in [-0.15, -0.1) is 0 Å². The number of halogens is 1. The van der Waals surface area contributed by atoms with Crippen molar-refractivity contribution < 1.29 is 14.3 Å². The van der Waals surface area contributed by atoms with E-state index in [-0.39, 0.29) is 11.7 Å². The van der Waals surface area contributed by atoms with E-state index < -0.39 is 0 Å². The predicted octanol–water partition coefficient (Wildman–Crippen LogP) is 5.60. The number of carbonyl (C=O) groups is 2. The topological polar surface area (TPSA) is 59.5 Å². The van der Waals surface area contributed by atoms with Gasteiger partial charge in [0.2, 0.25) is 11.8 Å². The van der Waals surface area contributed by atoms with Crippen LogP contribution >= 0.6 is 11.6 Å². The SMILES string of the molecule is CCC(=O)N(C)c1ccc(-c2ccc(C(=O)CCc3ccc(OC)nc3)c(Cl)c2)cc1. The molecule has 0 radical (unpaired) electrons. The van der Waals surface area contributed by atoms with E-state index in [1.165, 1.54) is 0 Å². The molecular formula is C25H25ClN2O3. The molecule has 1 heterocycles. The lowest BCUT2D eigenvalue weighted by molar-refractivity contribution is -0.118. The van der Waals surface area contributed by atoms with Gasteiger partial charge < -0.3 is 9.64 Å². The summed E-state index contributed by atoms with van der Waals surface area (Å²) in [4.78, 5) is 30.3. The first-order chi connectivity index (χ1) is 14.9. The van der Waals surface area contributed by atoms with Gasteiger partial charge in [-0.25, -0.2) is 4.98 Å². The maximum absolute atomic E-state index is 12.7. The summed E-state index contributed by atoms with van der Waals surface area (Å²) in [5.74, 6) is 0.594. The Morgan fingerprint density at radius 1 is 1.03 bits per heavy atom. The van der Waals surface area contributed by atoms with Crippen molar-refractivity contribution in [2.24, 2.45) is 0 Å². The number of aromatic nitrogens is 1. The van der Waals surface area contributed by atoms with Crippen LogP contribution in [0.15, 0.2) is 60.8 Å². The van der Waals surface area contributed by atoms with Crippen molar-refractivity contribution in [2.75, 3.05) is 19.1 Å². The van der Waals surface area contributed by atoms with Gasteiger partial charge in [0.25, 0.3) is 0 Å². The minimum atomic E-state index is -0.0116. The number of anilines is 1. The normalized spacial score (nSPS) is 10.6. The van der Waals surface area contributed by atoms with Crippen LogP contribution in [0, 0.1) is 0 Å². The number of rotatable bonds is 8. The van der Waals surface area contributed by atoms with Crippen LogP contribution in [-0.4, -0.2) is 30.8 Å². The van der Waals surface area contributed by atoms with Gasteiger partial charge in [0.15, 0.2) is 5.78 Å². The molecule has 0 aliphatic carbocycles. The quantitative estimate of drug-likeness (QED) is 0.431. The Balaban J connectivity index is 1.68. The summed E-state index contributed by atoms with van der Waals surface area (Å²) in [5.41, 5.74) is 4.19. The van der Waals surface area contributed by atoms with E-state index in [4.69, 9.17) is 16.3 Å². The molecule has 6 heteroatoms. The third-order valence-electron chi connectivity index (χ3n) is 5.18. The average molecular weight is 437 g/mol. The lowest BCUT2D eigenvalue weighted by atomic mass is 9.99. The fourth-order valence-electron chi connectivity index (χ4n) is 3.25. The van der Waals surface area contributed by atoms with Crippen LogP contribution in [0.4, 0.5) is 5.69 Å². The van der Waals surface area contributed by atoms with Crippen molar-refractivity contribution in [2.45, 2.75) is 26.2 Å². The monoisotopic (exact) mass is 436 g/mol. The fourth-order valence-corrected chi connectivity index (χ4v) is 3.54. The van der Waals surface area contributed by atoms with E-state index in [2.05, 4.69) is 4.98 Å². The second kappa shape index (κ2) is 10.2. The standard InChI is InChI=1S/C25H25ClN2O3/c1-4-25(30)28(2)20-10-7-18(8-11-20)19-9-12-21(22(26)15-19)23(29)13-5-17-6-14-24(31-3)27-16-17/h6-12,14-16H,4-5,13H2,1-3H3. The van der Waals surface area contributed by atoms with Gasteiger partial charge in [0, 0.05) is 43.4 Å². The number of hydrogen-bond acceptors (Lipinski definition) is 4. The number of amides is 1. The summed E-state index contributed by atoms with van der Waals surface area (Å²) in [6.45, 7) is 1.84. The van der Waals surface area contributed by atoms with Crippen LogP contribution < -0.4 is 9.64 Å². The van der Waals surface area contributed by atoms with Crippen LogP contribution in [0.3, 0.4) is 0 Å². The molecule has 3 rings (SSSR count). The van der Waals surface area contributed by atoms with Gasteiger partial charge in [-0.1, -0.05) is 42.8 Å². The minimum absolute atomic E-state index is 0.0116. The number of ether oxygens (including phenoxy) is 1. The molecule has 0 fully saturated rings. The van der Waals surface area contributed by atoms with Crippen molar-refractivity contribution in [3.05, 3.63) is 76.9 Å². The number of carbonyl (C=O) groups excluding carboxylic acids is 2. The van der Waals surface area contributed by atoms with Crippen molar-refractivity contribution in [1.29, 1.82) is 0 Å². The van der Waals surface area contributed by atoms with Crippen LogP contribution in [-0.2, 0) is 11.2 Å². The van der Waals surface area contributed by atoms with E-state index in [0.29, 0.717) is 35.7 Å². The van der Waals surface area contributed by atoms with E-state index in [0.717, 1.165) is 22.4 Å². The number of ketones is 1. The maximum atomic E-state index is 12.7. The van der Waals surface area contributed by atoms with Gasteiger partial charge in [0.1, 0.15) is 0 Å². The highest BCUT2D eigenvalue weighted by atomic mass is 35.5. The van der Waals surface area contributed by atoms with E-state index in [1.807, 2.05) is 43.3 Å². The second-order valence-electron chi connectivity index (χ2n) is 7.18. The average Bonchev–Trinajstić information content (AvgIpc) is 2.81. The lowest BCUT2D eigenvalue weighted by Crippen LogP contribution is -2.24. The Hall–Kier alpha value is -3.18. The first-order valence-electron chi connectivity index (χ1n) is 10.1. The molecule has 0 atom stereocenters. The summed E-state index contributed by atoms with van der Waals surface area (Å²) in [6.07, 6.45) is 3.10. The molecule has 0 aliphatic rings. The Kier molecular flexibility index (Phi) is 7.42. The van der Waals surface area contributed by atoms with Crippen molar-refractivity contribution in [1.82, 2.24) is 4.98 Å². The Labute approximate surface area is 187 Å². The highest BCUT2D eigenvalue weighted by Gasteiger charge is 2.13. The maximum Gasteiger partial charge on any atom is 0.226 e. The number of benzene rings is 2. The van der Waals surface area contributed by atoms with Crippen LogP contribution in [0.2, 0.25) is 5.02 Å². The molecule has 0 unspecified atom stereocenters. The zero-order valence-electron chi connectivity index (χ0n) is 17.9. The highest BCUT2D eigenvalue weighted by molar-refractivity contribution is 6.34. The zero-order chi connectivity index (χ0) is 22.4. The van der Waals surface area contributed by atoms with E-state index in [1.54, 1.807) is 43.5 Å². The molecule has 2 aromatic carbocycles. The van der Waals surface area contributed by atoms with Gasteiger partial charge in [-0.3, -0.25) is 9.59 Å². The number of pyridine rings is 1. The molecule has 0 saturated carbocycles. The van der Waals surface area contributed by atoms with E-state index >= 15 is 0 Å². The number of hydrogen-bond donors (Lipinski definition) is 0. The number of nitrogens with zero attached hydrogens (tertiary/aromatic N) is 2. The molecular weight excluding hydrogens is 412 g/mol. The van der Waals surface area contributed by atoms with Crippen LogP contribution in [0.1, 0.15) is 35.7 Å². The van der Waals surface area contributed by atoms with Crippen LogP contribution in [0.5, 0.6) is 5.88 Å². The molecule has 31 heavy (non-hydrogen) atoms. The largest absolute Gasteiger partial charge is 0.481 e. The first kappa shape index (κ1) is 22.5. The molecule has 1 amide bonds. The predicted molar refractivity (Wildman–Crippen MR) is 124 cm³/mol.